The Morgan fingerprint density at radius 3 is 2.75 bits per heavy atom. The van der Waals surface area contributed by atoms with Crippen LogP contribution in [0, 0.1) is 6.92 Å². The predicted molar refractivity (Wildman–Crippen MR) is 83.3 cm³/mol. The Labute approximate surface area is 130 Å². The molecule has 0 amide bonds. The molecule has 0 bridgehead atoms. The Balaban J connectivity index is 2.49. The van der Waals surface area contributed by atoms with Crippen LogP contribution in [-0.4, -0.2) is 13.4 Å². The summed E-state index contributed by atoms with van der Waals surface area (Å²) in [6, 6.07) is 6.23. The Morgan fingerprint density at radius 2 is 2.10 bits per heavy atom. The smallest absolute Gasteiger partial charge is 0.263 e. The molecule has 0 unspecified atom stereocenters. The number of aromatic nitrogens is 1. The molecule has 1 heterocycles. The summed E-state index contributed by atoms with van der Waals surface area (Å²) >= 11 is 9.09. The minimum absolute atomic E-state index is 0.0278. The van der Waals surface area contributed by atoms with Gasteiger partial charge in [-0.15, -0.1) is 0 Å². The highest BCUT2D eigenvalue weighted by molar-refractivity contribution is 9.10. The van der Waals surface area contributed by atoms with Crippen molar-refractivity contribution >= 4 is 49.1 Å². The lowest BCUT2D eigenvalue weighted by Gasteiger charge is -2.12. The highest BCUT2D eigenvalue weighted by atomic mass is 79.9. The van der Waals surface area contributed by atoms with Crippen molar-refractivity contribution in [1.29, 1.82) is 0 Å². The monoisotopic (exact) mass is 375 g/mol. The molecule has 2 rings (SSSR count). The van der Waals surface area contributed by atoms with Crippen LogP contribution in [0.25, 0.3) is 0 Å². The lowest BCUT2D eigenvalue weighted by atomic mass is 10.2. The number of nitrogen functional groups attached to an aromatic ring is 1. The molecule has 1 aromatic heterocycles. The van der Waals surface area contributed by atoms with Gasteiger partial charge in [-0.3, -0.25) is 4.72 Å². The summed E-state index contributed by atoms with van der Waals surface area (Å²) in [7, 11) is -3.82. The van der Waals surface area contributed by atoms with Gasteiger partial charge in [0, 0.05) is 16.9 Å². The lowest BCUT2D eigenvalue weighted by molar-refractivity contribution is 0.600. The Kier molecular flexibility index (Phi) is 4.22. The van der Waals surface area contributed by atoms with Crippen LogP contribution in [0.3, 0.4) is 0 Å². The number of nitrogens with one attached hydrogen (secondary N) is 1. The van der Waals surface area contributed by atoms with Crippen molar-refractivity contribution < 1.29 is 8.42 Å². The van der Waals surface area contributed by atoms with E-state index in [0.717, 1.165) is 0 Å². The van der Waals surface area contributed by atoms with Gasteiger partial charge in [0.15, 0.2) is 5.82 Å². The van der Waals surface area contributed by atoms with Crippen molar-refractivity contribution in [2.75, 3.05) is 10.5 Å². The normalized spacial score (nSPS) is 11.3. The van der Waals surface area contributed by atoms with E-state index >= 15 is 0 Å². The Hall–Kier alpha value is -1.31. The number of hydrogen-bond acceptors (Lipinski definition) is 4. The zero-order valence-corrected chi connectivity index (χ0v) is 13.6. The first-order valence-corrected chi connectivity index (χ1v) is 8.15. The maximum atomic E-state index is 12.4. The number of nitrogens with zero attached hydrogens (tertiary/aromatic N) is 1. The third-order valence-corrected chi connectivity index (χ3v) is 4.97. The van der Waals surface area contributed by atoms with Crippen LogP contribution in [-0.2, 0) is 10.0 Å². The van der Waals surface area contributed by atoms with Crippen molar-refractivity contribution in [2.45, 2.75) is 11.8 Å². The first kappa shape index (κ1) is 15.1. The van der Waals surface area contributed by atoms with E-state index in [2.05, 4.69) is 25.6 Å². The quantitative estimate of drug-likeness (QED) is 0.806. The summed E-state index contributed by atoms with van der Waals surface area (Å²) in [4.78, 5) is 3.99. The average Bonchev–Trinajstić information content (AvgIpc) is 2.36. The maximum absolute atomic E-state index is 12.4. The predicted octanol–water partition coefficient (Wildman–Crippen LogP) is 3.19. The zero-order valence-electron chi connectivity index (χ0n) is 10.4. The largest absolute Gasteiger partial charge is 0.398 e. The van der Waals surface area contributed by atoms with Gasteiger partial charge in [-0.2, -0.15) is 0 Å². The van der Waals surface area contributed by atoms with Gasteiger partial charge in [-0.25, -0.2) is 13.4 Å². The molecule has 0 spiro atoms. The van der Waals surface area contributed by atoms with Crippen molar-refractivity contribution in [3.63, 3.8) is 0 Å². The summed E-state index contributed by atoms with van der Waals surface area (Å²) < 4.78 is 27.7. The zero-order chi connectivity index (χ0) is 14.9. The fourth-order valence-electron chi connectivity index (χ4n) is 1.60. The minimum atomic E-state index is -3.82. The van der Waals surface area contributed by atoms with Crippen LogP contribution in [0.2, 0.25) is 5.02 Å². The first-order chi connectivity index (χ1) is 9.31. The van der Waals surface area contributed by atoms with Gasteiger partial charge >= 0.3 is 0 Å². The molecule has 0 aliphatic rings. The fraction of sp³-hybridized carbons (Fsp3) is 0.0833. The first-order valence-electron chi connectivity index (χ1n) is 5.50. The third kappa shape index (κ3) is 3.05. The number of pyridine rings is 1. The molecule has 0 saturated heterocycles. The highest BCUT2D eigenvalue weighted by Crippen LogP contribution is 2.28. The molecule has 20 heavy (non-hydrogen) atoms. The molecular weight excluding hydrogens is 366 g/mol. The number of nitrogens with two attached hydrogens (primary N) is 1. The van der Waals surface area contributed by atoms with E-state index in [1.807, 2.05) is 0 Å². The van der Waals surface area contributed by atoms with E-state index in [1.165, 1.54) is 18.3 Å². The van der Waals surface area contributed by atoms with Crippen molar-refractivity contribution in [3.05, 3.63) is 45.5 Å². The minimum Gasteiger partial charge on any atom is -0.398 e. The number of hydrogen-bond donors (Lipinski definition) is 2. The molecule has 1 aromatic carbocycles. The molecule has 3 N–H and O–H groups in total. The standard InChI is InChI=1S/C12H11BrClN3O2S/c1-7-10(15)5-8(14)6-11(7)20(18,19)17-12-9(13)3-2-4-16-12/h2-6H,15H2,1H3,(H,16,17). The lowest BCUT2D eigenvalue weighted by Crippen LogP contribution is -2.16. The van der Waals surface area contributed by atoms with Crippen LogP contribution < -0.4 is 10.5 Å². The number of rotatable bonds is 3. The molecule has 0 fully saturated rings. The molecule has 5 nitrogen and oxygen atoms in total. The molecule has 0 saturated carbocycles. The van der Waals surface area contributed by atoms with Gasteiger partial charge < -0.3 is 5.73 Å². The molecule has 0 radical (unpaired) electrons. The summed E-state index contributed by atoms with van der Waals surface area (Å²) in [5, 5.41) is 0.258. The molecule has 8 heteroatoms. The van der Waals surface area contributed by atoms with Crippen LogP contribution in [0.5, 0.6) is 0 Å². The number of benzene rings is 1. The van der Waals surface area contributed by atoms with Crippen molar-refractivity contribution in [1.82, 2.24) is 4.98 Å². The second-order valence-electron chi connectivity index (χ2n) is 4.06. The molecule has 0 atom stereocenters. The summed E-state index contributed by atoms with van der Waals surface area (Å²) in [5.41, 5.74) is 6.50. The molecular formula is C12H11BrClN3O2S. The van der Waals surface area contributed by atoms with Crippen LogP contribution >= 0.6 is 27.5 Å². The summed E-state index contributed by atoms with van der Waals surface area (Å²) in [6.45, 7) is 1.62. The molecule has 0 aliphatic carbocycles. The second-order valence-corrected chi connectivity index (χ2v) is 7.00. The van der Waals surface area contributed by atoms with E-state index in [9.17, 15) is 8.42 Å². The van der Waals surface area contributed by atoms with Crippen LogP contribution in [0.4, 0.5) is 11.5 Å². The SMILES string of the molecule is Cc1c(N)cc(Cl)cc1S(=O)(=O)Nc1ncccc1Br. The van der Waals surface area contributed by atoms with Crippen LogP contribution in [0.15, 0.2) is 39.8 Å². The van der Waals surface area contributed by atoms with Gasteiger partial charge in [0.1, 0.15) is 0 Å². The van der Waals surface area contributed by atoms with Gasteiger partial charge in [0.25, 0.3) is 10.0 Å². The van der Waals surface area contributed by atoms with E-state index in [1.54, 1.807) is 19.1 Å². The maximum Gasteiger partial charge on any atom is 0.263 e. The van der Waals surface area contributed by atoms with Gasteiger partial charge in [-0.05, 0) is 52.7 Å². The van der Waals surface area contributed by atoms with Crippen LogP contribution in [0.1, 0.15) is 5.56 Å². The number of anilines is 2. The highest BCUT2D eigenvalue weighted by Gasteiger charge is 2.20. The summed E-state index contributed by atoms with van der Waals surface area (Å²) in [6.07, 6.45) is 1.49. The average molecular weight is 377 g/mol. The van der Waals surface area contributed by atoms with E-state index in [-0.39, 0.29) is 15.7 Å². The second kappa shape index (κ2) is 5.59. The van der Waals surface area contributed by atoms with Crippen molar-refractivity contribution in [3.8, 4) is 0 Å². The van der Waals surface area contributed by atoms with Gasteiger partial charge in [0.05, 0.1) is 9.37 Å². The topological polar surface area (TPSA) is 85.1 Å². The third-order valence-electron chi connectivity index (χ3n) is 2.64. The van der Waals surface area contributed by atoms with Gasteiger partial charge in [0.2, 0.25) is 0 Å². The molecule has 0 aliphatic heterocycles. The van der Waals surface area contributed by atoms with E-state index in [0.29, 0.717) is 15.7 Å². The molecule has 2 aromatic rings. The summed E-state index contributed by atoms with van der Waals surface area (Å²) in [5.74, 6) is 0.199. The van der Waals surface area contributed by atoms with E-state index < -0.39 is 10.0 Å². The van der Waals surface area contributed by atoms with Crippen molar-refractivity contribution in [2.24, 2.45) is 0 Å². The number of sulfonamides is 1. The van der Waals surface area contributed by atoms with E-state index in [4.69, 9.17) is 17.3 Å². The molecule has 106 valence electrons. The number of halogens is 2. The Morgan fingerprint density at radius 1 is 1.40 bits per heavy atom. The van der Waals surface area contributed by atoms with Gasteiger partial charge in [-0.1, -0.05) is 11.6 Å². The fourth-order valence-corrected chi connectivity index (χ4v) is 3.70. The Bertz CT molecular complexity index is 765.